The molecule has 0 spiro atoms. The van der Waals surface area contributed by atoms with Gasteiger partial charge in [0.25, 0.3) is 0 Å². The van der Waals surface area contributed by atoms with E-state index in [1.807, 2.05) is 13.0 Å². The number of carbonyl (C=O) groups is 1. The summed E-state index contributed by atoms with van der Waals surface area (Å²) in [6.45, 7) is 7.37. The lowest BCUT2D eigenvalue weighted by atomic mass is 9.96. The van der Waals surface area contributed by atoms with E-state index in [1.165, 1.54) is 6.26 Å². The number of unbranched alkanes of at least 4 members (excludes halogenated alkanes) is 1. The van der Waals surface area contributed by atoms with Crippen LogP contribution in [0.25, 0.3) is 0 Å². The van der Waals surface area contributed by atoms with Crippen molar-refractivity contribution in [3.63, 3.8) is 0 Å². The monoisotopic (exact) mass is 298 g/mol. The fraction of sp³-hybridized carbons (Fsp3) is 0.688. The van der Waals surface area contributed by atoms with Crippen LogP contribution in [-0.2, 0) is 18.9 Å². The maximum absolute atomic E-state index is 11.7. The van der Waals surface area contributed by atoms with Gasteiger partial charge < -0.3 is 18.9 Å². The van der Waals surface area contributed by atoms with Crippen molar-refractivity contribution in [2.24, 2.45) is 5.92 Å². The molecule has 0 saturated heterocycles. The van der Waals surface area contributed by atoms with E-state index in [-0.39, 0.29) is 12.0 Å². The zero-order chi connectivity index (χ0) is 15.9. The van der Waals surface area contributed by atoms with E-state index in [4.69, 9.17) is 18.9 Å². The van der Waals surface area contributed by atoms with Gasteiger partial charge in [0.2, 0.25) is 0 Å². The average molecular weight is 298 g/mol. The van der Waals surface area contributed by atoms with Crippen molar-refractivity contribution in [1.29, 1.82) is 0 Å². The molecule has 2 atom stereocenters. The lowest BCUT2D eigenvalue weighted by Crippen LogP contribution is -2.25. The third-order valence-corrected chi connectivity index (χ3v) is 3.04. The van der Waals surface area contributed by atoms with E-state index in [1.54, 1.807) is 34.1 Å². The van der Waals surface area contributed by atoms with Crippen LogP contribution in [0.5, 0.6) is 0 Å². The van der Waals surface area contributed by atoms with Gasteiger partial charge >= 0.3 is 6.16 Å². The summed E-state index contributed by atoms with van der Waals surface area (Å²) in [6, 6.07) is 0. The van der Waals surface area contributed by atoms with Crippen LogP contribution in [0.4, 0.5) is 4.79 Å². The summed E-state index contributed by atoms with van der Waals surface area (Å²) in [6.07, 6.45) is 7.24. The molecule has 0 amide bonds. The van der Waals surface area contributed by atoms with E-state index in [0.717, 1.165) is 19.3 Å². The number of hydrogen-bond acceptors (Lipinski definition) is 5. The first-order valence-electron chi connectivity index (χ1n) is 7.27. The zero-order valence-corrected chi connectivity index (χ0v) is 13.5. The normalized spacial score (nSPS) is 21.9. The fourth-order valence-electron chi connectivity index (χ4n) is 2.05. The fourth-order valence-corrected chi connectivity index (χ4v) is 2.05. The number of allylic oxidation sites excluding steroid dienone is 1. The molecule has 1 heterocycles. The highest BCUT2D eigenvalue weighted by Gasteiger charge is 2.32. The molecule has 0 aromatic heterocycles. The van der Waals surface area contributed by atoms with Crippen LogP contribution in [0.1, 0.15) is 47.0 Å². The molecule has 0 aromatic rings. The van der Waals surface area contributed by atoms with Gasteiger partial charge in [-0.3, -0.25) is 0 Å². The van der Waals surface area contributed by atoms with Crippen LogP contribution in [0.3, 0.4) is 0 Å². The SMILES string of the molecule is COC=CCCC[C@H]1C(OC(=O)OC(C)(C)C)=CO[C@@H]1C. The van der Waals surface area contributed by atoms with Crippen LogP contribution in [-0.4, -0.2) is 25.0 Å². The summed E-state index contributed by atoms with van der Waals surface area (Å²) in [5, 5.41) is 0. The summed E-state index contributed by atoms with van der Waals surface area (Å²) in [4.78, 5) is 11.7. The van der Waals surface area contributed by atoms with Gasteiger partial charge in [0.05, 0.1) is 19.3 Å². The second-order valence-corrected chi connectivity index (χ2v) is 6.07. The Kier molecular flexibility index (Phi) is 6.59. The van der Waals surface area contributed by atoms with Gasteiger partial charge in [0.1, 0.15) is 18.0 Å². The molecule has 0 fully saturated rings. The highest BCUT2D eigenvalue weighted by Crippen LogP contribution is 2.31. The second-order valence-electron chi connectivity index (χ2n) is 6.07. The maximum atomic E-state index is 11.7. The first-order chi connectivity index (χ1) is 9.83. The summed E-state index contributed by atoms with van der Waals surface area (Å²) in [5.74, 6) is 0.626. The molecule has 1 aliphatic heterocycles. The molecule has 5 heteroatoms. The zero-order valence-electron chi connectivity index (χ0n) is 13.5. The molecule has 120 valence electrons. The second kappa shape index (κ2) is 7.96. The third kappa shape index (κ3) is 6.56. The highest BCUT2D eigenvalue weighted by atomic mass is 16.7. The lowest BCUT2D eigenvalue weighted by molar-refractivity contribution is 0.00233. The molecular formula is C16H26O5. The van der Waals surface area contributed by atoms with Crippen LogP contribution in [0, 0.1) is 5.92 Å². The molecule has 21 heavy (non-hydrogen) atoms. The summed E-state index contributed by atoms with van der Waals surface area (Å²) >= 11 is 0. The van der Waals surface area contributed by atoms with Gasteiger partial charge in [-0.05, 0) is 53.0 Å². The minimum absolute atomic E-state index is 0.00819. The topological polar surface area (TPSA) is 54.0 Å². The first kappa shape index (κ1) is 17.4. The van der Waals surface area contributed by atoms with E-state index in [9.17, 15) is 4.79 Å². The molecule has 0 aliphatic carbocycles. The van der Waals surface area contributed by atoms with Crippen molar-refractivity contribution in [3.8, 4) is 0 Å². The summed E-state index contributed by atoms with van der Waals surface area (Å²) in [7, 11) is 1.62. The van der Waals surface area contributed by atoms with Gasteiger partial charge in [-0.15, -0.1) is 0 Å². The van der Waals surface area contributed by atoms with Crippen molar-refractivity contribution in [2.75, 3.05) is 7.11 Å². The Morgan fingerprint density at radius 1 is 1.43 bits per heavy atom. The van der Waals surface area contributed by atoms with Crippen molar-refractivity contribution >= 4 is 6.16 Å². The molecule has 1 aliphatic rings. The average Bonchev–Trinajstić information content (AvgIpc) is 2.68. The smallest absolute Gasteiger partial charge is 0.505 e. The number of ether oxygens (including phenoxy) is 4. The molecular weight excluding hydrogens is 272 g/mol. The van der Waals surface area contributed by atoms with Crippen molar-refractivity contribution < 1.29 is 23.7 Å². The molecule has 5 nitrogen and oxygen atoms in total. The van der Waals surface area contributed by atoms with Crippen LogP contribution in [0.15, 0.2) is 24.4 Å². The Hall–Kier alpha value is -1.65. The number of methoxy groups -OCH3 is 1. The van der Waals surface area contributed by atoms with Crippen molar-refractivity contribution in [2.45, 2.75) is 58.7 Å². The van der Waals surface area contributed by atoms with Gasteiger partial charge in [-0.1, -0.05) is 0 Å². The predicted molar refractivity (Wildman–Crippen MR) is 79.4 cm³/mol. The molecule has 0 N–H and O–H groups in total. The Morgan fingerprint density at radius 3 is 2.76 bits per heavy atom. The first-order valence-corrected chi connectivity index (χ1v) is 7.27. The van der Waals surface area contributed by atoms with Crippen LogP contribution < -0.4 is 0 Å². The Labute approximate surface area is 126 Å². The van der Waals surface area contributed by atoms with Gasteiger partial charge in [-0.2, -0.15) is 0 Å². The maximum Gasteiger partial charge on any atom is 0.514 e. The van der Waals surface area contributed by atoms with Gasteiger partial charge in [0, 0.05) is 0 Å². The number of carbonyl (C=O) groups excluding carboxylic acids is 1. The number of hydrogen-bond donors (Lipinski definition) is 0. The van der Waals surface area contributed by atoms with E-state index in [0.29, 0.717) is 5.76 Å². The van der Waals surface area contributed by atoms with Crippen molar-refractivity contribution in [3.05, 3.63) is 24.4 Å². The van der Waals surface area contributed by atoms with Gasteiger partial charge in [0.15, 0.2) is 5.76 Å². The Balaban J connectivity index is 2.45. The standard InChI is InChI=1S/C16H26O5/c1-12-13(9-7-6-8-10-18-5)14(11-19-12)20-15(17)21-16(2,3)4/h8,10-13H,6-7,9H2,1-5H3/t12-,13-/m1/s1. The summed E-state index contributed by atoms with van der Waals surface area (Å²) < 4.78 is 20.7. The Morgan fingerprint density at radius 2 is 2.14 bits per heavy atom. The molecule has 0 radical (unpaired) electrons. The predicted octanol–water partition coefficient (Wildman–Crippen LogP) is 4.14. The van der Waals surface area contributed by atoms with E-state index >= 15 is 0 Å². The highest BCUT2D eigenvalue weighted by molar-refractivity contribution is 5.62. The van der Waals surface area contributed by atoms with Crippen LogP contribution in [0.2, 0.25) is 0 Å². The quantitative estimate of drug-likeness (QED) is 0.419. The molecule has 0 aromatic carbocycles. The third-order valence-electron chi connectivity index (χ3n) is 3.04. The lowest BCUT2D eigenvalue weighted by Gasteiger charge is -2.21. The van der Waals surface area contributed by atoms with Crippen molar-refractivity contribution in [1.82, 2.24) is 0 Å². The Bertz CT molecular complexity index is 392. The van der Waals surface area contributed by atoms with E-state index < -0.39 is 11.8 Å². The van der Waals surface area contributed by atoms with E-state index in [2.05, 4.69) is 0 Å². The molecule has 0 unspecified atom stereocenters. The number of rotatable bonds is 6. The minimum Gasteiger partial charge on any atom is -0.505 e. The molecule has 1 rings (SSSR count). The van der Waals surface area contributed by atoms with Gasteiger partial charge in [-0.25, -0.2) is 4.79 Å². The summed E-state index contributed by atoms with van der Waals surface area (Å²) in [5.41, 5.74) is -0.566. The molecule has 0 saturated carbocycles. The largest absolute Gasteiger partial charge is 0.514 e. The minimum atomic E-state index is -0.685. The molecule has 0 bridgehead atoms. The van der Waals surface area contributed by atoms with Crippen LogP contribution >= 0.6 is 0 Å².